The van der Waals surface area contributed by atoms with Gasteiger partial charge in [0.25, 0.3) is 0 Å². The molecule has 1 aromatic carbocycles. The van der Waals surface area contributed by atoms with Gasteiger partial charge in [0.05, 0.1) is 12.1 Å². The fourth-order valence-electron chi connectivity index (χ4n) is 1.98. The minimum atomic E-state index is -1.02. The molecule has 7 heteroatoms. The van der Waals surface area contributed by atoms with Gasteiger partial charge >= 0.3 is 6.09 Å². The van der Waals surface area contributed by atoms with Crippen LogP contribution in [0.15, 0.2) is 24.3 Å². The van der Waals surface area contributed by atoms with Gasteiger partial charge in [0, 0.05) is 0 Å². The van der Waals surface area contributed by atoms with E-state index in [0.29, 0.717) is 6.29 Å². The monoisotopic (exact) mass is 336 g/mol. The van der Waals surface area contributed by atoms with Crippen LogP contribution in [0.4, 0.5) is 4.79 Å². The molecule has 0 aliphatic heterocycles. The number of amides is 2. The van der Waals surface area contributed by atoms with Crippen molar-refractivity contribution in [2.24, 2.45) is 5.73 Å². The van der Waals surface area contributed by atoms with Crippen molar-refractivity contribution >= 4 is 18.3 Å². The second-order valence-electron chi connectivity index (χ2n) is 6.54. The van der Waals surface area contributed by atoms with Crippen LogP contribution >= 0.6 is 0 Å². The van der Waals surface area contributed by atoms with E-state index in [1.807, 2.05) is 0 Å². The Bertz CT molecular complexity index is 592. The fraction of sp³-hybridized carbons (Fsp3) is 0.471. The van der Waals surface area contributed by atoms with Crippen molar-refractivity contribution in [3.8, 4) is 5.75 Å². The zero-order valence-electron chi connectivity index (χ0n) is 14.4. The molecule has 2 amide bonds. The lowest BCUT2D eigenvalue weighted by Gasteiger charge is -2.29. The van der Waals surface area contributed by atoms with Crippen molar-refractivity contribution in [3.63, 3.8) is 0 Å². The highest BCUT2D eigenvalue weighted by Crippen LogP contribution is 2.15. The summed E-state index contributed by atoms with van der Waals surface area (Å²) < 4.78 is 5.18. The van der Waals surface area contributed by atoms with Gasteiger partial charge in [-0.15, -0.1) is 0 Å². The molecule has 0 aromatic heterocycles. The summed E-state index contributed by atoms with van der Waals surface area (Å²) in [5, 5.41) is 9.27. The molecule has 0 heterocycles. The first-order valence-corrected chi connectivity index (χ1v) is 7.60. The van der Waals surface area contributed by atoms with E-state index in [4.69, 9.17) is 10.5 Å². The molecular formula is C17H24N2O5. The molecule has 3 N–H and O–H groups in total. The van der Waals surface area contributed by atoms with Crippen LogP contribution in [-0.2, 0) is 20.7 Å². The summed E-state index contributed by atoms with van der Waals surface area (Å²) in [7, 11) is 0. The van der Waals surface area contributed by atoms with E-state index in [0.717, 1.165) is 10.5 Å². The van der Waals surface area contributed by atoms with Crippen LogP contribution in [0, 0.1) is 0 Å². The third-order valence-electron chi connectivity index (χ3n) is 3.14. The number of carbonyl (C=O) groups is 3. The van der Waals surface area contributed by atoms with E-state index in [2.05, 4.69) is 0 Å². The number of hydrogen-bond acceptors (Lipinski definition) is 6. The smallest absolute Gasteiger partial charge is 0.417 e. The maximum atomic E-state index is 12.5. The number of nitrogens with zero attached hydrogens (tertiary/aromatic N) is 1. The number of aldehydes is 1. The molecule has 0 aliphatic carbocycles. The Morgan fingerprint density at radius 1 is 1.29 bits per heavy atom. The highest BCUT2D eigenvalue weighted by molar-refractivity contribution is 5.97. The average Bonchev–Trinajstić information content (AvgIpc) is 2.47. The largest absolute Gasteiger partial charge is 0.508 e. The van der Waals surface area contributed by atoms with Gasteiger partial charge in [-0.05, 0) is 51.8 Å². The van der Waals surface area contributed by atoms with E-state index >= 15 is 0 Å². The van der Waals surface area contributed by atoms with Gasteiger partial charge in [-0.1, -0.05) is 12.1 Å². The molecule has 1 aromatic rings. The van der Waals surface area contributed by atoms with Crippen LogP contribution in [0.25, 0.3) is 0 Å². The molecule has 0 saturated heterocycles. The number of ether oxygens (including phenoxy) is 1. The average molecular weight is 336 g/mol. The molecule has 0 saturated carbocycles. The van der Waals surface area contributed by atoms with Crippen molar-refractivity contribution in [1.29, 1.82) is 0 Å². The van der Waals surface area contributed by atoms with Crippen LogP contribution in [0.3, 0.4) is 0 Å². The molecule has 0 bridgehead atoms. The Balaban J connectivity index is 2.92. The number of imide groups is 1. The van der Waals surface area contributed by atoms with Gasteiger partial charge in [0.15, 0.2) is 0 Å². The quantitative estimate of drug-likeness (QED) is 0.791. The second kappa shape index (κ2) is 7.92. The van der Waals surface area contributed by atoms with E-state index in [1.165, 1.54) is 19.1 Å². The Morgan fingerprint density at radius 2 is 1.83 bits per heavy atom. The summed E-state index contributed by atoms with van der Waals surface area (Å²) in [5.41, 5.74) is 5.82. The number of phenols is 1. The normalized spacial score (nSPS) is 13.7. The lowest BCUT2D eigenvalue weighted by molar-refractivity contribution is -0.136. The highest BCUT2D eigenvalue weighted by atomic mass is 16.6. The van der Waals surface area contributed by atoms with E-state index in [1.54, 1.807) is 32.9 Å². The molecule has 2 atom stereocenters. The molecule has 0 aliphatic rings. The fourth-order valence-corrected chi connectivity index (χ4v) is 1.98. The summed E-state index contributed by atoms with van der Waals surface area (Å²) in [6, 6.07) is 4.20. The van der Waals surface area contributed by atoms with Crippen molar-refractivity contribution in [3.05, 3.63) is 29.8 Å². The maximum absolute atomic E-state index is 12.5. The lowest BCUT2D eigenvalue weighted by atomic mass is 10.0. The van der Waals surface area contributed by atoms with Crippen molar-refractivity contribution in [2.75, 3.05) is 0 Å². The Hall–Kier alpha value is -2.41. The minimum Gasteiger partial charge on any atom is -0.508 e. The van der Waals surface area contributed by atoms with Gasteiger partial charge in [-0.25, -0.2) is 9.69 Å². The van der Waals surface area contributed by atoms with E-state index < -0.39 is 29.7 Å². The molecule has 0 fully saturated rings. The van der Waals surface area contributed by atoms with Crippen molar-refractivity contribution in [1.82, 2.24) is 4.90 Å². The predicted molar refractivity (Wildman–Crippen MR) is 88.4 cm³/mol. The number of benzene rings is 1. The van der Waals surface area contributed by atoms with Crippen LogP contribution in [-0.4, -0.2) is 46.0 Å². The highest BCUT2D eigenvalue weighted by Gasteiger charge is 2.34. The first-order valence-electron chi connectivity index (χ1n) is 7.60. The van der Waals surface area contributed by atoms with Crippen LogP contribution in [0.2, 0.25) is 0 Å². The topological polar surface area (TPSA) is 110 Å². The standard InChI is InChI=1S/C17H24N2O5/c1-11(10-20)19(16(23)24-17(2,3)4)15(22)14(18)9-12-5-7-13(21)8-6-12/h5-8,10-11,14,21H,9,18H2,1-4H3/t11-,14+/m1/s1. The first-order chi connectivity index (χ1) is 11.0. The lowest BCUT2D eigenvalue weighted by Crippen LogP contribution is -2.53. The predicted octanol–water partition coefficient (Wildman–Crippen LogP) is 1.61. The van der Waals surface area contributed by atoms with Crippen molar-refractivity contribution in [2.45, 2.75) is 51.8 Å². The molecule has 0 spiro atoms. The molecule has 24 heavy (non-hydrogen) atoms. The Morgan fingerprint density at radius 3 is 2.29 bits per heavy atom. The van der Waals surface area contributed by atoms with Gasteiger partial charge in [0.1, 0.15) is 17.6 Å². The number of carbonyl (C=O) groups excluding carboxylic acids is 3. The SMILES string of the molecule is C[C@H](C=O)N(C(=O)OC(C)(C)C)C(=O)[C@@H](N)Cc1ccc(O)cc1. The third-order valence-corrected chi connectivity index (χ3v) is 3.14. The van der Waals surface area contributed by atoms with Crippen LogP contribution in [0.1, 0.15) is 33.3 Å². The molecule has 1 rings (SSSR count). The summed E-state index contributed by atoms with van der Waals surface area (Å²) in [4.78, 5) is 36.6. The summed E-state index contributed by atoms with van der Waals surface area (Å²) in [5.74, 6) is -0.597. The first kappa shape index (κ1) is 19.6. The van der Waals surface area contributed by atoms with Crippen LogP contribution < -0.4 is 5.73 Å². The number of phenolic OH excluding ortho intramolecular Hbond substituents is 1. The van der Waals surface area contributed by atoms with E-state index in [9.17, 15) is 19.5 Å². The molecule has 132 valence electrons. The summed E-state index contributed by atoms with van der Waals surface area (Å²) in [6.07, 6.45) is -0.271. The minimum absolute atomic E-state index is 0.101. The molecular weight excluding hydrogens is 312 g/mol. The maximum Gasteiger partial charge on any atom is 0.417 e. The summed E-state index contributed by atoms with van der Waals surface area (Å²) >= 11 is 0. The second-order valence-corrected chi connectivity index (χ2v) is 6.54. The van der Waals surface area contributed by atoms with Gasteiger partial charge in [0.2, 0.25) is 5.91 Å². The van der Waals surface area contributed by atoms with Gasteiger partial charge in [-0.2, -0.15) is 0 Å². The van der Waals surface area contributed by atoms with Gasteiger partial charge in [-0.3, -0.25) is 4.79 Å². The van der Waals surface area contributed by atoms with Crippen LogP contribution in [0.5, 0.6) is 5.75 Å². The van der Waals surface area contributed by atoms with Crippen molar-refractivity contribution < 1.29 is 24.2 Å². The molecule has 7 nitrogen and oxygen atoms in total. The summed E-state index contributed by atoms with van der Waals surface area (Å²) in [6.45, 7) is 6.41. The van der Waals surface area contributed by atoms with Gasteiger partial charge < -0.3 is 20.4 Å². The van der Waals surface area contributed by atoms with E-state index in [-0.39, 0.29) is 12.2 Å². The number of hydrogen-bond donors (Lipinski definition) is 2. The number of rotatable bonds is 5. The number of aromatic hydroxyl groups is 1. The molecule has 0 radical (unpaired) electrons. The zero-order valence-corrected chi connectivity index (χ0v) is 14.4. The third kappa shape index (κ3) is 5.66. The molecule has 0 unspecified atom stereocenters. The number of nitrogens with two attached hydrogens (primary N) is 1. The Kier molecular flexibility index (Phi) is 6.48. The zero-order chi connectivity index (χ0) is 18.5. The Labute approximate surface area is 141 Å².